The first-order chi connectivity index (χ1) is 13.5. The second kappa shape index (κ2) is 9.19. The second-order valence-corrected chi connectivity index (χ2v) is 7.75. The van der Waals surface area contributed by atoms with Gasteiger partial charge in [-0.3, -0.25) is 4.99 Å². The van der Waals surface area contributed by atoms with Gasteiger partial charge in [-0.2, -0.15) is 0 Å². The van der Waals surface area contributed by atoms with Crippen LogP contribution in [-0.4, -0.2) is 66.1 Å². The highest BCUT2D eigenvalue weighted by Gasteiger charge is 2.29. The van der Waals surface area contributed by atoms with E-state index in [0.717, 1.165) is 31.0 Å². The van der Waals surface area contributed by atoms with Gasteiger partial charge in [0, 0.05) is 39.1 Å². The molecular formula is C21H31FN6. The van der Waals surface area contributed by atoms with Crippen LogP contribution in [0.3, 0.4) is 0 Å². The third kappa shape index (κ3) is 4.70. The predicted octanol–water partition coefficient (Wildman–Crippen LogP) is 2.78. The number of rotatable bonds is 5. The lowest BCUT2D eigenvalue weighted by atomic mass is 9.93. The van der Waals surface area contributed by atoms with E-state index in [0.29, 0.717) is 18.5 Å². The number of aromatic nitrogens is 2. The zero-order valence-corrected chi connectivity index (χ0v) is 17.2. The molecule has 1 aliphatic rings. The Kier molecular flexibility index (Phi) is 6.67. The predicted molar refractivity (Wildman–Crippen MR) is 111 cm³/mol. The van der Waals surface area contributed by atoms with Gasteiger partial charge >= 0.3 is 0 Å². The number of aliphatic imine (C=N–C) groups is 1. The number of nitrogens with one attached hydrogen (secondary N) is 1. The topological polar surface area (TPSA) is 48.7 Å². The Morgan fingerprint density at radius 1 is 1.36 bits per heavy atom. The summed E-state index contributed by atoms with van der Waals surface area (Å²) in [4.78, 5) is 13.2. The Labute approximate surface area is 167 Å². The Morgan fingerprint density at radius 2 is 2.11 bits per heavy atom. The van der Waals surface area contributed by atoms with Crippen molar-refractivity contribution in [3.8, 4) is 0 Å². The van der Waals surface area contributed by atoms with Crippen molar-refractivity contribution >= 4 is 5.96 Å². The Hall–Kier alpha value is -2.41. The first-order valence-corrected chi connectivity index (χ1v) is 9.84. The summed E-state index contributed by atoms with van der Waals surface area (Å²) in [6.45, 7) is 4.89. The summed E-state index contributed by atoms with van der Waals surface area (Å²) in [6, 6.07) is 7.25. The number of guanidine groups is 1. The van der Waals surface area contributed by atoms with Gasteiger partial charge < -0.3 is 19.7 Å². The van der Waals surface area contributed by atoms with Crippen LogP contribution in [0.5, 0.6) is 0 Å². The zero-order valence-electron chi connectivity index (χ0n) is 17.2. The standard InChI is InChI=1S/C21H31FN6/c1-16-9-11-27(14-20(16)28-12-10-24-15-28)21(23-2)25-13-19(26(3)4)17-5-7-18(22)8-6-17/h5-8,10,12,15-16,19-20H,9,11,13-14H2,1-4H3,(H,23,25). The minimum atomic E-state index is -0.210. The van der Waals surface area contributed by atoms with Crippen LogP contribution in [0, 0.1) is 11.7 Å². The SMILES string of the molecule is CN=C(NCC(c1ccc(F)cc1)N(C)C)N1CCC(C)C(n2ccnc2)C1. The van der Waals surface area contributed by atoms with E-state index >= 15 is 0 Å². The fraction of sp³-hybridized carbons (Fsp3) is 0.524. The van der Waals surface area contributed by atoms with Gasteiger partial charge in [-0.05, 0) is 44.1 Å². The molecule has 3 rings (SSSR count). The molecule has 0 saturated carbocycles. The number of piperidine rings is 1. The minimum Gasteiger partial charge on any atom is -0.354 e. The third-order valence-electron chi connectivity index (χ3n) is 5.67. The second-order valence-electron chi connectivity index (χ2n) is 7.75. The fourth-order valence-electron chi connectivity index (χ4n) is 3.90. The number of likely N-dealkylation sites (tertiary alicyclic amines) is 1. The molecule has 1 N–H and O–H groups in total. The van der Waals surface area contributed by atoms with E-state index < -0.39 is 0 Å². The summed E-state index contributed by atoms with van der Waals surface area (Å²) >= 11 is 0. The third-order valence-corrected chi connectivity index (χ3v) is 5.67. The highest BCUT2D eigenvalue weighted by Crippen LogP contribution is 2.27. The van der Waals surface area contributed by atoms with Crippen molar-refractivity contribution in [1.82, 2.24) is 24.7 Å². The van der Waals surface area contributed by atoms with Gasteiger partial charge in [0.2, 0.25) is 0 Å². The molecule has 6 nitrogen and oxygen atoms in total. The summed E-state index contributed by atoms with van der Waals surface area (Å²) in [5.74, 6) is 1.29. The molecule has 0 bridgehead atoms. The molecule has 1 aromatic heterocycles. The molecule has 28 heavy (non-hydrogen) atoms. The van der Waals surface area contributed by atoms with Crippen LogP contribution in [0.2, 0.25) is 0 Å². The maximum atomic E-state index is 13.3. The summed E-state index contributed by atoms with van der Waals surface area (Å²) in [5, 5.41) is 3.53. The van der Waals surface area contributed by atoms with Crippen LogP contribution in [0.25, 0.3) is 0 Å². The number of halogens is 1. The van der Waals surface area contributed by atoms with Gasteiger partial charge in [-0.25, -0.2) is 9.37 Å². The van der Waals surface area contributed by atoms with E-state index in [9.17, 15) is 4.39 Å². The molecule has 1 aliphatic heterocycles. The van der Waals surface area contributed by atoms with E-state index in [1.807, 2.05) is 52.0 Å². The molecule has 3 unspecified atom stereocenters. The van der Waals surface area contributed by atoms with Crippen molar-refractivity contribution in [2.45, 2.75) is 25.4 Å². The maximum absolute atomic E-state index is 13.3. The number of likely N-dealkylation sites (N-methyl/N-ethyl adjacent to an activating group) is 1. The van der Waals surface area contributed by atoms with Crippen LogP contribution in [0.15, 0.2) is 48.0 Å². The monoisotopic (exact) mass is 386 g/mol. The smallest absolute Gasteiger partial charge is 0.193 e. The lowest BCUT2D eigenvalue weighted by Crippen LogP contribution is -2.50. The van der Waals surface area contributed by atoms with Crippen molar-refractivity contribution in [2.24, 2.45) is 10.9 Å². The molecule has 152 valence electrons. The Balaban J connectivity index is 1.67. The summed E-state index contributed by atoms with van der Waals surface area (Å²) in [7, 11) is 5.90. The van der Waals surface area contributed by atoms with E-state index in [1.54, 1.807) is 0 Å². The van der Waals surface area contributed by atoms with Gasteiger partial charge in [0.15, 0.2) is 5.96 Å². The van der Waals surface area contributed by atoms with E-state index in [-0.39, 0.29) is 11.9 Å². The lowest BCUT2D eigenvalue weighted by molar-refractivity contribution is 0.187. The number of imidazole rings is 1. The van der Waals surface area contributed by atoms with Crippen molar-refractivity contribution in [3.63, 3.8) is 0 Å². The van der Waals surface area contributed by atoms with Gasteiger partial charge in [-0.15, -0.1) is 0 Å². The van der Waals surface area contributed by atoms with Crippen LogP contribution in [0.1, 0.15) is 31.0 Å². The van der Waals surface area contributed by atoms with Crippen LogP contribution < -0.4 is 5.32 Å². The highest BCUT2D eigenvalue weighted by molar-refractivity contribution is 5.80. The van der Waals surface area contributed by atoms with Crippen molar-refractivity contribution in [2.75, 3.05) is 40.8 Å². The molecule has 7 heteroatoms. The highest BCUT2D eigenvalue weighted by atomic mass is 19.1. The van der Waals surface area contributed by atoms with E-state index in [2.05, 4.69) is 36.6 Å². The molecule has 1 saturated heterocycles. The van der Waals surface area contributed by atoms with Crippen molar-refractivity contribution < 1.29 is 4.39 Å². The maximum Gasteiger partial charge on any atom is 0.193 e. The van der Waals surface area contributed by atoms with E-state index in [1.165, 1.54) is 12.1 Å². The van der Waals surface area contributed by atoms with Crippen LogP contribution in [-0.2, 0) is 0 Å². The van der Waals surface area contributed by atoms with Gasteiger partial charge in [0.05, 0.1) is 18.4 Å². The Bertz CT molecular complexity index is 756. The normalized spacial score (nSPS) is 21.8. The number of hydrogen-bond acceptors (Lipinski definition) is 3. The molecule has 0 radical (unpaired) electrons. The lowest BCUT2D eigenvalue weighted by Gasteiger charge is -2.39. The van der Waals surface area contributed by atoms with Gasteiger partial charge in [-0.1, -0.05) is 19.1 Å². The van der Waals surface area contributed by atoms with Crippen LogP contribution in [0.4, 0.5) is 4.39 Å². The molecule has 0 amide bonds. The number of hydrogen-bond donors (Lipinski definition) is 1. The average molecular weight is 387 g/mol. The fourth-order valence-corrected chi connectivity index (χ4v) is 3.90. The molecule has 2 heterocycles. The summed E-state index contributed by atoms with van der Waals surface area (Å²) < 4.78 is 15.5. The largest absolute Gasteiger partial charge is 0.354 e. The molecule has 2 aromatic rings. The van der Waals surface area contributed by atoms with Crippen molar-refractivity contribution in [3.05, 3.63) is 54.4 Å². The first-order valence-electron chi connectivity index (χ1n) is 9.84. The molecule has 1 aromatic carbocycles. The molecule has 0 spiro atoms. The quantitative estimate of drug-likeness (QED) is 0.634. The van der Waals surface area contributed by atoms with E-state index in [4.69, 9.17) is 0 Å². The number of benzene rings is 1. The Morgan fingerprint density at radius 3 is 2.71 bits per heavy atom. The van der Waals surface area contributed by atoms with Gasteiger partial charge in [0.25, 0.3) is 0 Å². The molecule has 3 atom stereocenters. The summed E-state index contributed by atoms with van der Waals surface area (Å²) in [6.07, 6.45) is 6.89. The summed E-state index contributed by atoms with van der Waals surface area (Å²) in [5.41, 5.74) is 1.08. The zero-order chi connectivity index (χ0) is 20.1. The first kappa shape index (κ1) is 20.3. The molecule has 0 aliphatic carbocycles. The minimum absolute atomic E-state index is 0.130. The van der Waals surface area contributed by atoms with Gasteiger partial charge in [0.1, 0.15) is 5.82 Å². The molecular weight excluding hydrogens is 355 g/mol. The number of nitrogens with zero attached hydrogens (tertiary/aromatic N) is 5. The average Bonchev–Trinajstić information content (AvgIpc) is 3.21. The van der Waals surface area contributed by atoms with Crippen LogP contribution >= 0.6 is 0 Å². The molecule has 1 fully saturated rings. The van der Waals surface area contributed by atoms with Crippen molar-refractivity contribution in [1.29, 1.82) is 0 Å².